The van der Waals surface area contributed by atoms with E-state index in [1.54, 1.807) is 19.1 Å². The third kappa shape index (κ3) is 6.01. The number of anilines is 1. The zero-order chi connectivity index (χ0) is 21.2. The molecule has 1 amide bonds. The van der Waals surface area contributed by atoms with Crippen molar-refractivity contribution in [1.82, 2.24) is 4.90 Å². The Morgan fingerprint density at radius 3 is 2.30 bits per heavy atom. The van der Waals surface area contributed by atoms with E-state index in [-0.39, 0.29) is 26.3 Å². The first kappa shape index (κ1) is 21.7. The van der Waals surface area contributed by atoms with E-state index in [0.29, 0.717) is 37.7 Å². The van der Waals surface area contributed by atoms with Gasteiger partial charge in [0.05, 0.1) is 5.69 Å². The highest BCUT2D eigenvalue weighted by atomic mass is 16.7. The van der Waals surface area contributed by atoms with Crippen LogP contribution in [0.4, 0.5) is 10.5 Å². The molecule has 2 aromatic rings. The average Bonchev–Trinajstić information content (AvgIpc) is 2.81. The second-order valence-electron chi connectivity index (χ2n) is 6.75. The molecule has 0 saturated carbocycles. The number of ether oxygens (including phenoxy) is 5. The van der Waals surface area contributed by atoms with Gasteiger partial charge in [0, 0.05) is 46.5 Å². The SMILES string of the molecule is COCOc1ccc(OCOC)c(N2CCN(C(=O)OCc3ccccc3)CC2)c1. The van der Waals surface area contributed by atoms with Crippen molar-refractivity contribution in [2.24, 2.45) is 0 Å². The molecule has 0 unspecified atom stereocenters. The Balaban J connectivity index is 1.59. The molecular weight excluding hydrogens is 388 g/mol. The Morgan fingerprint density at radius 2 is 1.60 bits per heavy atom. The summed E-state index contributed by atoms with van der Waals surface area (Å²) in [5, 5.41) is 0. The van der Waals surface area contributed by atoms with Crippen LogP contribution in [0.1, 0.15) is 5.56 Å². The van der Waals surface area contributed by atoms with Crippen molar-refractivity contribution in [2.75, 3.05) is 58.9 Å². The molecule has 0 bridgehead atoms. The number of methoxy groups -OCH3 is 2. The molecule has 3 rings (SSSR count). The lowest BCUT2D eigenvalue weighted by atomic mass is 10.2. The lowest BCUT2D eigenvalue weighted by molar-refractivity contribution is 0.0485. The number of rotatable bonds is 9. The number of hydrogen-bond acceptors (Lipinski definition) is 7. The molecule has 8 heteroatoms. The second kappa shape index (κ2) is 11.3. The van der Waals surface area contributed by atoms with Crippen molar-refractivity contribution in [3.8, 4) is 11.5 Å². The molecule has 0 radical (unpaired) electrons. The fourth-order valence-electron chi connectivity index (χ4n) is 3.15. The highest BCUT2D eigenvalue weighted by Gasteiger charge is 2.24. The minimum atomic E-state index is -0.300. The summed E-state index contributed by atoms with van der Waals surface area (Å²) in [5.74, 6) is 1.38. The molecule has 2 aromatic carbocycles. The van der Waals surface area contributed by atoms with Gasteiger partial charge in [-0.2, -0.15) is 0 Å². The Morgan fingerprint density at radius 1 is 0.900 bits per heavy atom. The summed E-state index contributed by atoms with van der Waals surface area (Å²) in [4.78, 5) is 16.3. The standard InChI is InChI=1S/C22H28N2O6/c1-26-16-29-19-8-9-21(30-17-27-2)20(14-19)23-10-12-24(13-11-23)22(25)28-15-18-6-4-3-5-7-18/h3-9,14H,10-13,15-17H2,1-2H3. The van der Waals surface area contributed by atoms with Gasteiger partial charge >= 0.3 is 6.09 Å². The van der Waals surface area contributed by atoms with Gasteiger partial charge in [-0.05, 0) is 17.7 Å². The van der Waals surface area contributed by atoms with Gasteiger partial charge in [0.25, 0.3) is 0 Å². The fraction of sp³-hybridized carbons (Fsp3) is 0.409. The van der Waals surface area contributed by atoms with Gasteiger partial charge in [-0.1, -0.05) is 30.3 Å². The van der Waals surface area contributed by atoms with Crippen molar-refractivity contribution < 1.29 is 28.5 Å². The maximum Gasteiger partial charge on any atom is 0.410 e. The predicted octanol–water partition coefficient (Wildman–Crippen LogP) is 3.11. The third-order valence-electron chi connectivity index (χ3n) is 4.69. The van der Waals surface area contributed by atoms with Crippen LogP contribution < -0.4 is 14.4 Å². The number of amides is 1. The maximum absolute atomic E-state index is 12.4. The number of hydrogen-bond donors (Lipinski definition) is 0. The number of carbonyl (C=O) groups is 1. The smallest absolute Gasteiger partial charge is 0.410 e. The Bertz CT molecular complexity index is 793. The van der Waals surface area contributed by atoms with Gasteiger partial charge in [0.2, 0.25) is 0 Å². The first-order valence-corrected chi connectivity index (χ1v) is 9.79. The Labute approximate surface area is 176 Å². The first-order valence-electron chi connectivity index (χ1n) is 9.79. The molecule has 0 N–H and O–H groups in total. The van der Waals surface area contributed by atoms with Gasteiger partial charge in [-0.15, -0.1) is 0 Å². The first-order chi connectivity index (χ1) is 14.7. The zero-order valence-electron chi connectivity index (χ0n) is 17.4. The summed E-state index contributed by atoms with van der Waals surface area (Å²) < 4.78 is 26.7. The van der Waals surface area contributed by atoms with Crippen molar-refractivity contribution in [2.45, 2.75) is 6.61 Å². The molecule has 1 saturated heterocycles. The van der Waals surface area contributed by atoms with Crippen LogP contribution >= 0.6 is 0 Å². The van der Waals surface area contributed by atoms with Crippen molar-refractivity contribution in [3.63, 3.8) is 0 Å². The van der Waals surface area contributed by atoms with Crippen molar-refractivity contribution in [3.05, 3.63) is 54.1 Å². The van der Waals surface area contributed by atoms with E-state index in [4.69, 9.17) is 23.7 Å². The molecule has 1 aliphatic rings. The average molecular weight is 416 g/mol. The fourth-order valence-corrected chi connectivity index (χ4v) is 3.15. The zero-order valence-corrected chi connectivity index (χ0v) is 17.4. The third-order valence-corrected chi connectivity index (χ3v) is 4.69. The van der Waals surface area contributed by atoms with E-state index in [0.717, 1.165) is 11.3 Å². The summed E-state index contributed by atoms with van der Waals surface area (Å²) in [5.41, 5.74) is 1.86. The summed E-state index contributed by atoms with van der Waals surface area (Å²) in [7, 11) is 3.16. The molecule has 30 heavy (non-hydrogen) atoms. The normalized spacial score (nSPS) is 13.8. The summed E-state index contributed by atoms with van der Waals surface area (Å²) >= 11 is 0. The maximum atomic E-state index is 12.4. The van der Waals surface area contributed by atoms with Crippen molar-refractivity contribution >= 4 is 11.8 Å². The molecule has 0 atom stereocenters. The van der Waals surface area contributed by atoms with Crippen molar-refractivity contribution in [1.29, 1.82) is 0 Å². The van der Waals surface area contributed by atoms with E-state index in [1.165, 1.54) is 0 Å². The molecule has 8 nitrogen and oxygen atoms in total. The van der Waals surface area contributed by atoms with Crippen LogP contribution in [0.15, 0.2) is 48.5 Å². The molecule has 1 heterocycles. The van der Waals surface area contributed by atoms with Gasteiger partial charge in [-0.3, -0.25) is 0 Å². The second-order valence-corrected chi connectivity index (χ2v) is 6.75. The molecule has 0 aromatic heterocycles. The van der Waals surface area contributed by atoms with Crippen LogP contribution in [-0.4, -0.2) is 65.0 Å². The monoisotopic (exact) mass is 416 g/mol. The summed E-state index contributed by atoms with van der Waals surface area (Å²) in [6.07, 6.45) is -0.300. The molecule has 0 aliphatic carbocycles. The quantitative estimate of drug-likeness (QED) is 0.582. The minimum absolute atomic E-state index is 0.150. The summed E-state index contributed by atoms with van der Waals surface area (Å²) in [6.45, 7) is 3.00. The van der Waals surface area contributed by atoms with Gasteiger partial charge in [-0.25, -0.2) is 4.79 Å². The Hall–Kier alpha value is -2.97. The van der Waals surface area contributed by atoms with E-state index < -0.39 is 0 Å². The highest BCUT2D eigenvalue weighted by Crippen LogP contribution is 2.33. The molecule has 1 aliphatic heterocycles. The minimum Gasteiger partial charge on any atom is -0.467 e. The van der Waals surface area contributed by atoms with E-state index in [1.807, 2.05) is 48.5 Å². The van der Waals surface area contributed by atoms with Crippen LogP contribution in [-0.2, 0) is 20.8 Å². The van der Waals surface area contributed by atoms with Gasteiger partial charge < -0.3 is 33.5 Å². The number of nitrogens with zero attached hydrogens (tertiary/aromatic N) is 2. The van der Waals surface area contributed by atoms with Gasteiger partial charge in [0.1, 0.15) is 18.1 Å². The molecular formula is C22H28N2O6. The molecule has 0 spiro atoms. The summed E-state index contributed by atoms with van der Waals surface area (Å²) in [6, 6.07) is 15.2. The predicted molar refractivity (Wildman–Crippen MR) is 112 cm³/mol. The van der Waals surface area contributed by atoms with E-state index >= 15 is 0 Å². The van der Waals surface area contributed by atoms with E-state index in [2.05, 4.69) is 4.90 Å². The van der Waals surface area contributed by atoms with Crippen LogP contribution in [0.25, 0.3) is 0 Å². The molecule has 162 valence electrons. The topological polar surface area (TPSA) is 69.7 Å². The Kier molecular flexibility index (Phi) is 8.17. The number of piperazine rings is 1. The molecule has 1 fully saturated rings. The van der Waals surface area contributed by atoms with Crippen LogP contribution in [0, 0.1) is 0 Å². The number of benzene rings is 2. The lowest BCUT2D eigenvalue weighted by Gasteiger charge is -2.36. The van der Waals surface area contributed by atoms with Crippen LogP contribution in [0.3, 0.4) is 0 Å². The van der Waals surface area contributed by atoms with Crippen LogP contribution in [0.2, 0.25) is 0 Å². The highest BCUT2D eigenvalue weighted by molar-refractivity contribution is 5.69. The van der Waals surface area contributed by atoms with E-state index in [9.17, 15) is 4.79 Å². The lowest BCUT2D eigenvalue weighted by Crippen LogP contribution is -2.49. The number of carbonyl (C=O) groups excluding carboxylic acids is 1. The largest absolute Gasteiger partial charge is 0.467 e. The van der Waals surface area contributed by atoms with Gasteiger partial charge in [0.15, 0.2) is 13.6 Å². The van der Waals surface area contributed by atoms with Crippen LogP contribution in [0.5, 0.6) is 11.5 Å².